The third-order valence-electron chi connectivity index (χ3n) is 2.85. The fourth-order valence-corrected chi connectivity index (χ4v) is 3.45. The average molecular weight is 392 g/mol. The Kier molecular flexibility index (Phi) is 7.02. The quantitative estimate of drug-likeness (QED) is 0.704. The summed E-state index contributed by atoms with van der Waals surface area (Å²) in [5.74, 6) is -2.47. The second kappa shape index (κ2) is 8.28. The third-order valence-corrected chi connectivity index (χ3v) is 5.11. The van der Waals surface area contributed by atoms with Crippen molar-refractivity contribution >= 4 is 37.6 Å². The lowest BCUT2D eigenvalue weighted by molar-refractivity contribution is -0.137. The van der Waals surface area contributed by atoms with Crippen LogP contribution in [0.15, 0.2) is 28.7 Å². The van der Waals surface area contributed by atoms with E-state index in [1.165, 1.54) is 0 Å². The molecule has 0 saturated carbocycles. The summed E-state index contributed by atoms with van der Waals surface area (Å²) in [6.45, 7) is 1.71. The Labute approximate surface area is 138 Å². The summed E-state index contributed by atoms with van der Waals surface area (Å²) in [5.41, 5.74) is 0.604. The third kappa shape index (κ3) is 6.57. The lowest BCUT2D eigenvalue weighted by atomic mass is 10.0. The summed E-state index contributed by atoms with van der Waals surface area (Å²) in [5, 5.41) is 11.4. The second-order valence-electron chi connectivity index (χ2n) is 4.86. The molecule has 1 aromatic carbocycles. The molecule has 0 fully saturated rings. The summed E-state index contributed by atoms with van der Waals surface area (Å²) in [6.07, 6.45) is 0.113. The molecule has 1 unspecified atom stereocenters. The molecule has 8 heteroatoms. The molecular weight excluding hydrogens is 374 g/mol. The number of amides is 1. The van der Waals surface area contributed by atoms with Gasteiger partial charge in [0.1, 0.15) is 5.75 Å². The van der Waals surface area contributed by atoms with E-state index in [1.807, 2.05) is 0 Å². The van der Waals surface area contributed by atoms with Crippen LogP contribution >= 0.6 is 15.9 Å². The van der Waals surface area contributed by atoms with E-state index in [4.69, 9.17) is 5.11 Å². The maximum atomic E-state index is 11.9. The summed E-state index contributed by atoms with van der Waals surface area (Å²) < 4.78 is 24.1. The normalized spacial score (nSPS) is 12.6. The number of sulfone groups is 1. The minimum Gasteiger partial charge on any atom is -0.481 e. The van der Waals surface area contributed by atoms with Crippen LogP contribution in [0.2, 0.25) is 0 Å². The number of aliphatic carboxylic acids is 1. The number of carboxylic acid groups (broad SMARTS) is 1. The zero-order valence-electron chi connectivity index (χ0n) is 12.1. The second-order valence-corrected chi connectivity index (χ2v) is 7.96. The molecule has 0 heterocycles. The van der Waals surface area contributed by atoms with Crippen LogP contribution in [0.4, 0.5) is 0 Å². The van der Waals surface area contributed by atoms with Crippen molar-refractivity contribution in [2.45, 2.75) is 25.8 Å². The lowest BCUT2D eigenvalue weighted by Crippen LogP contribution is -2.35. The highest BCUT2D eigenvalue weighted by Crippen LogP contribution is 2.20. The van der Waals surface area contributed by atoms with Gasteiger partial charge >= 0.3 is 5.97 Å². The Morgan fingerprint density at radius 1 is 1.27 bits per heavy atom. The van der Waals surface area contributed by atoms with Gasteiger partial charge in [-0.3, -0.25) is 9.59 Å². The van der Waals surface area contributed by atoms with Crippen molar-refractivity contribution in [3.63, 3.8) is 0 Å². The van der Waals surface area contributed by atoms with Gasteiger partial charge < -0.3 is 10.4 Å². The van der Waals surface area contributed by atoms with Gasteiger partial charge in [-0.25, -0.2) is 8.42 Å². The van der Waals surface area contributed by atoms with Crippen molar-refractivity contribution in [2.75, 3.05) is 11.5 Å². The van der Waals surface area contributed by atoms with Crippen LogP contribution in [-0.2, 0) is 19.4 Å². The van der Waals surface area contributed by atoms with E-state index in [-0.39, 0.29) is 12.2 Å². The largest absolute Gasteiger partial charge is 0.481 e. The standard InChI is InChI=1S/C14H18BrNO5S/c1-2-7-22(20,21)9-13(17)16-12(8-14(18)19)10-3-5-11(15)6-4-10/h3-6,12H,2,7-9H2,1H3,(H,16,17)(H,18,19). The number of nitrogens with one attached hydrogen (secondary N) is 1. The molecule has 0 aliphatic carbocycles. The first-order valence-electron chi connectivity index (χ1n) is 6.70. The Balaban J connectivity index is 2.83. The molecule has 1 amide bonds. The molecule has 122 valence electrons. The van der Waals surface area contributed by atoms with Gasteiger partial charge in [0.25, 0.3) is 0 Å². The van der Waals surface area contributed by atoms with Crippen molar-refractivity contribution in [2.24, 2.45) is 0 Å². The molecule has 0 radical (unpaired) electrons. The minimum atomic E-state index is -3.46. The highest BCUT2D eigenvalue weighted by Gasteiger charge is 2.21. The monoisotopic (exact) mass is 391 g/mol. The van der Waals surface area contributed by atoms with E-state index in [0.717, 1.165) is 4.47 Å². The summed E-state index contributed by atoms with van der Waals surface area (Å²) in [6, 6.07) is 6.04. The molecule has 0 aromatic heterocycles. The summed E-state index contributed by atoms with van der Waals surface area (Å²) in [4.78, 5) is 22.8. The predicted molar refractivity (Wildman–Crippen MR) is 86.2 cm³/mol. The van der Waals surface area contributed by atoms with Crippen LogP contribution in [0.5, 0.6) is 0 Å². The van der Waals surface area contributed by atoms with E-state index < -0.39 is 33.5 Å². The number of hydrogen-bond acceptors (Lipinski definition) is 4. The average Bonchev–Trinajstić information content (AvgIpc) is 2.37. The molecule has 0 saturated heterocycles. The highest BCUT2D eigenvalue weighted by atomic mass is 79.9. The molecule has 2 N–H and O–H groups in total. The molecular formula is C14H18BrNO5S. The Bertz CT molecular complexity index is 627. The number of carbonyl (C=O) groups excluding carboxylic acids is 1. The molecule has 1 rings (SSSR count). The van der Waals surface area contributed by atoms with E-state index >= 15 is 0 Å². The van der Waals surface area contributed by atoms with Crippen molar-refractivity contribution in [3.05, 3.63) is 34.3 Å². The van der Waals surface area contributed by atoms with Gasteiger partial charge in [-0.1, -0.05) is 35.0 Å². The van der Waals surface area contributed by atoms with Gasteiger partial charge in [0.2, 0.25) is 5.91 Å². The molecule has 0 bridgehead atoms. The maximum absolute atomic E-state index is 11.9. The Morgan fingerprint density at radius 3 is 2.36 bits per heavy atom. The summed E-state index contributed by atoms with van der Waals surface area (Å²) >= 11 is 3.27. The number of rotatable bonds is 8. The zero-order chi connectivity index (χ0) is 16.8. The summed E-state index contributed by atoms with van der Waals surface area (Å²) in [7, 11) is -3.46. The number of hydrogen-bond donors (Lipinski definition) is 2. The van der Waals surface area contributed by atoms with Crippen molar-refractivity contribution < 1.29 is 23.1 Å². The molecule has 0 spiro atoms. The topological polar surface area (TPSA) is 101 Å². The van der Waals surface area contributed by atoms with Gasteiger partial charge in [0.05, 0.1) is 18.2 Å². The fourth-order valence-electron chi connectivity index (χ4n) is 1.94. The zero-order valence-corrected chi connectivity index (χ0v) is 14.5. The first-order chi connectivity index (χ1) is 10.2. The first-order valence-corrected chi connectivity index (χ1v) is 9.32. The lowest BCUT2D eigenvalue weighted by Gasteiger charge is -2.17. The van der Waals surface area contributed by atoms with Gasteiger partial charge in [-0.05, 0) is 24.1 Å². The highest BCUT2D eigenvalue weighted by molar-refractivity contribution is 9.10. The van der Waals surface area contributed by atoms with Crippen molar-refractivity contribution in [1.82, 2.24) is 5.32 Å². The van der Waals surface area contributed by atoms with Crippen LogP contribution in [0.1, 0.15) is 31.4 Å². The van der Waals surface area contributed by atoms with E-state index in [2.05, 4.69) is 21.2 Å². The van der Waals surface area contributed by atoms with Crippen LogP contribution < -0.4 is 5.32 Å². The number of carbonyl (C=O) groups is 2. The van der Waals surface area contributed by atoms with Gasteiger partial charge in [-0.2, -0.15) is 0 Å². The SMILES string of the molecule is CCCS(=O)(=O)CC(=O)NC(CC(=O)O)c1ccc(Br)cc1. The van der Waals surface area contributed by atoms with Crippen LogP contribution in [0.25, 0.3) is 0 Å². The van der Waals surface area contributed by atoms with Gasteiger partial charge in [-0.15, -0.1) is 0 Å². The number of benzene rings is 1. The Morgan fingerprint density at radius 2 is 1.86 bits per heavy atom. The molecule has 0 aliphatic rings. The fraction of sp³-hybridized carbons (Fsp3) is 0.429. The van der Waals surface area contributed by atoms with Gasteiger partial charge in [0, 0.05) is 4.47 Å². The van der Waals surface area contributed by atoms with Crippen molar-refractivity contribution in [3.8, 4) is 0 Å². The molecule has 0 aliphatic heterocycles. The predicted octanol–water partition coefficient (Wildman–Crippen LogP) is 1.91. The number of halogens is 1. The van der Waals surface area contributed by atoms with E-state index in [1.54, 1.807) is 31.2 Å². The van der Waals surface area contributed by atoms with Crippen LogP contribution in [0, 0.1) is 0 Å². The van der Waals surface area contributed by atoms with Crippen LogP contribution in [0.3, 0.4) is 0 Å². The molecule has 6 nitrogen and oxygen atoms in total. The maximum Gasteiger partial charge on any atom is 0.305 e. The number of carboxylic acids is 1. The molecule has 22 heavy (non-hydrogen) atoms. The van der Waals surface area contributed by atoms with E-state index in [9.17, 15) is 18.0 Å². The van der Waals surface area contributed by atoms with Crippen molar-refractivity contribution in [1.29, 1.82) is 0 Å². The van der Waals surface area contributed by atoms with Gasteiger partial charge in [0.15, 0.2) is 9.84 Å². The van der Waals surface area contributed by atoms with Crippen LogP contribution in [-0.4, -0.2) is 36.9 Å². The van der Waals surface area contributed by atoms with E-state index in [0.29, 0.717) is 12.0 Å². The first kappa shape index (κ1) is 18.6. The minimum absolute atomic E-state index is 0.0672. The Hall–Kier alpha value is -1.41. The molecule has 1 aromatic rings. The molecule has 1 atom stereocenters. The smallest absolute Gasteiger partial charge is 0.305 e.